The fourth-order valence-corrected chi connectivity index (χ4v) is 2.01. The molecule has 0 amide bonds. The second-order valence-corrected chi connectivity index (χ2v) is 3.91. The van der Waals surface area contributed by atoms with Gasteiger partial charge in [-0.05, 0) is 18.1 Å². The Morgan fingerprint density at radius 2 is 2.33 bits per heavy atom. The Morgan fingerprint density at radius 1 is 1.47 bits per heavy atom. The standard InChI is InChI=1S/C8H12N6S/c1-3-9-8(7-5-11-13-15-7)6-4-10-12-14(6)2/h4-5,8-9H,3H2,1-2H3. The van der Waals surface area contributed by atoms with Crippen LogP contribution in [0.15, 0.2) is 12.4 Å². The van der Waals surface area contributed by atoms with Crippen LogP contribution in [-0.2, 0) is 7.05 Å². The van der Waals surface area contributed by atoms with Crippen molar-refractivity contribution in [3.63, 3.8) is 0 Å². The van der Waals surface area contributed by atoms with Crippen LogP contribution >= 0.6 is 11.5 Å². The molecular formula is C8H12N6S. The van der Waals surface area contributed by atoms with Crippen molar-refractivity contribution in [3.05, 3.63) is 23.0 Å². The fourth-order valence-electron chi connectivity index (χ4n) is 1.42. The molecule has 0 spiro atoms. The van der Waals surface area contributed by atoms with Crippen LogP contribution in [0.4, 0.5) is 0 Å². The van der Waals surface area contributed by atoms with Crippen LogP contribution in [0.5, 0.6) is 0 Å². The van der Waals surface area contributed by atoms with Crippen molar-refractivity contribution < 1.29 is 0 Å². The summed E-state index contributed by atoms with van der Waals surface area (Å²) in [5, 5.41) is 15.0. The van der Waals surface area contributed by atoms with Gasteiger partial charge in [0, 0.05) is 7.05 Å². The first-order valence-electron chi connectivity index (χ1n) is 4.68. The fraction of sp³-hybridized carbons (Fsp3) is 0.500. The third-order valence-corrected chi connectivity index (χ3v) is 2.84. The van der Waals surface area contributed by atoms with Gasteiger partial charge in [-0.15, -0.1) is 10.2 Å². The highest BCUT2D eigenvalue weighted by Gasteiger charge is 2.18. The van der Waals surface area contributed by atoms with Gasteiger partial charge in [0.05, 0.1) is 29.0 Å². The maximum atomic E-state index is 3.92. The zero-order valence-corrected chi connectivity index (χ0v) is 9.40. The van der Waals surface area contributed by atoms with E-state index in [1.807, 2.05) is 7.05 Å². The topological polar surface area (TPSA) is 68.5 Å². The summed E-state index contributed by atoms with van der Waals surface area (Å²) in [5.41, 5.74) is 1.02. The van der Waals surface area contributed by atoms with Gasteiger partial charge in [0.15, 0.2) is 0 Å². The molecule has 0 radical (unpaired) electrons. The van der Waals surface area contributed by atoms with Crippen LogP contribution in [0.3, 0.4) is 0 Å². The van der Waals surface area contributed by atoms with Crippen molar-refractivity contribution in [1.29, 1.82) is 0 Å². The molecule has 0 aliphatic carbocycles. The molecule has 1 unspecified atom stereocenters. The minimum absolute atomic E-state index is 0.0787. The van der Waals surface area contributed by atoms with Gasteiger partial charge >= 0.3 is 0 Å². The molecule has 0 aromatic carbocycles. The quantitative estimate of drug-likeness (QED) is 0.812. The Labute approximate surface area is 91.5 Å². The normalized spacial score (nSPS) is 12.9. The van der Waals surface area contributed by atoms with Gasteiger partial charge in [-0.1, -0.05) is 16.6 Å². The molecule has 6 nitrogen and oxygen atoms in total. The average molecular weight is 224 g/mol. The number of aromatic nitrogens is 5. The van der Waals surface area contributed by atoms with Crippen LogP contribution in [-0.4, -0.2) is 31.1 Å². The molecule has 2 rings (SSSR count). The molecule has 15 heavy (non-hydrogen) atoms. The smallest absolute Gasteiger partial charge is 0.0890 e. The van der Waals surface area contributed by atoms with Crippen molar-refractivity contribution in [3.8, 4) is 0 Å². The van der Waals surface area contributed by atoms with Gasteiger partial charge < -0.3 is 5.32 Å². The summed E-state index contributed by atoms with van der Waals surface area (Å²) >= 11 is 1.39. The number of aryl methyl sites for hydroxylation is 1. The number of rotatable bonds is 4. The Morgan fingerprint density at radius 3 is 2.87 bits per heavy atom. The van der Waals surface area contributed by atoms with Crippen molar-refractivity contribution in [2.75, 3.05) is 6.54 Å². The third kappa shape index (κ3) is 2.02. The van der Waals surface area contributed by atoms with E-state index in [0.717, 1.165) is 17.1 Å². The maximum absolute atomic E-state index is 3.92. The Kier molecular flexibility index (Phi) is 3.02. The molecule has 7 heteroatoms. The summed E-state index contributed by atoms with van der Waals surface area (Å²) in [4.78, 5) is 1.07. The predicted molar refractivity (Wildman–Crippen MR) is 56.4 cm³/mol. The SMILES string of the molecule is CCNC(c1cnns1)c1cnnn1C. The lowest BCUT2D eigenvalue weighted by Gasteiger charge is -2.14. The zero-order chi connectivity index (χ0) is 10.7. The molecule has 0 saturated carbocycles. The van der Waals surface area contributed by atoms with E-state index in [4.69, 9.17) is 0 Å². The van der Waals surface area contributed by atoms with Gasteiger partial charge in [-0.3, -0.25) is 4.68 Å². The van der Waals surface area contributed by atoms with E-state index in [9.17, 15) is 0 Å². The Bertz CT molecular complexity index is 408. The first kappa shape index (κ1) is 10.2. The highest BCUT2D eigenvalue weighted by molar-refractivity contribution is 7.05. The van der Waals surface area contributed by atoms with Gasteiger partial charge in [0.2, 0.25) is 0 Å². The van der Waals surface area contributed by atoms with Crippen LogP contribution < -0.4 is 5.32 Å². The van der Waals surface area contributed by atoms with Gasteiger partial charge in [0.25, 0.3) is 0 Å². The first-order valence-corrected chi connectivity index (χ1v) is 5.45. The van der Waals surface area contributed by atoms with Crippen LogP contribution in [0.25, 0.3) is 0 Å². The van der Waals surface area contributed by atoms with Crippen molar-refractivity contribution in [2.45, 2.75) is 13.0 Å². The van der Waals surface area contributed by atoms with Gasteiger partial charge in [-0.25, -0.2) is 0 Å². The number of nitrogens with one attached hydrogen (secondary N) is 1. The second-order valence-electron chi connectivity index (χ2n) is 3.09. The number of hydrogen-bond acceptors (Lipinski definition) is 6. The lowest BCUT2D eigenvalue weighted by Crippen LogP contribution is -2.23. The minimum Gasteiger partial charge on any atom is -0.304 e. The summed E-state index contributed by atoms with van der Waals surface area (Å²) in [6.07, 6.45) is 3.53. The van der Waals surface area contributed by atoms with E-state index < -0.39 is 0 Å². The molecule has 0 aliphatic heterocycles. The van der Waals surface area contributed by atoms with Crippen LogP contribution in [0, 0.1) is 0 Å². The highest BCUT2D eigenvalue weighted by Crippen LogP contribution is 2.22. The first-order chi connectivity index (χ1) is 7.33. The van der Waals surface area contributed by atoms with Crippen molar-refractivity contribution in [1.82, 2.24) is 29.9 Å². The van der Waals surface area contributed by atoms with E-state index >= 15 is 0 Å². The lowest BCUT2D eigenvalue weighted by molar-refractivity contribution is 0.574. The van der Waals surface area contributed by atoms with E-state index in [-0.39, 0.29) is 6.04 Å². The lowest BCUT2D eigenvalue weighted by atomic mass is 10.2. The Balaban J connectivity index is 2.32. The average Bonchev–Trinajstić information content (AvgIpc) is 2.85. The second kappa shape index (κ2) is 4.45. The van der Waals surface area contributed by atoms with E-state index in [2.05, 4.69) is 32.1 Å². The molecule has 1 N–H and O–H groups in total. The molecular weight excluding hydrogens is 212 g/mol. The van der Waals surface area contributed by atoms with Crippen LogP contribution in [0.2, 0.25) is 0 Å². The Hall–Kier alpha value is -1.34. The summed E-state index contributed by atoms with van der Waals surface area (Å²) in [5.74, 6) is 0. The largest absolute Gasteiger partial charge is 0.304 e. The zero-order valence-electron chi connectivity index (χ0n) is 8.58. The molecule has 0 fully saturated rings. The third-order valence-electron chi connectivity index (χ3n) is 2.12. The van der Waals surface area contributed by atoms with Crippen molar-refractivity contribution >= 4 is 11.5 Å². The molecule has 2 aromatic rings. The molecule has 0 aliphatic rings. The number of nitrogens with zero attached hydrogens (tertiary/aromatic N) is 5. The summed E-state index contributed by atoms with van der Waals surface area (Å²) in [6.45, 7) is 2.93. The molecule has 80 valence electrons. The molecule has 2 aromatic heterocycles. The monoisotopic (exact) mass is 224 g/mol. The molecule has 0 bridgehead atoms. The maximum Gasteiger partial charge on any atom is 0.0890 e. The molecule has 2 heterocycles. The molecule has 0 saturated heterocycles. The minimum atomic E-state index is 0.0787. The van der Waals surface area contributed by atoms with Crippen LogP contribution in [0.1, 0.15) is 23.5 Å². The van der Waals surface area contributed by atoms with Crippen molar-refractivity contribution in [2.24, 2.45) is 7.05 Å². The summed E-state index contributed by atoms with van der Waals surface area (Å²) in [7, 11) is 1.88. The van der Waals surface area contributed by atoms with E-state index in [0.29, 0.717) is 0 Å². The highest BCUT2D eigenvalue weighted by atomic mass is 32.1. The summed E-state index contributed by atoms with van der Waals surface area (Å²) in [6, 6.07) is 0.0787. The summed E-state index contributed by atoms with van der Waals surface area (Å²) < 4.78 is 5.62. The van der Waals surface area contributed by atoms with Gasteiger partial charge in [0.1, 0.15) is 0 Å². The van der Waals surface area contributed by atoms with E-state index in [1.54, 1.807) is 17.1 Å². The van der Waals surface area contributed by atoms with E-state index in [1.165, 1.54) is 11.5 Å². The van der Waals surface area contributed by atoms with Gasteiger partial charge in [-0.2, -0.15) is 0 Å². The number of hydrogen-bond donors (Lipinski definition) is 1. The molecule has 1 atom stereocenters. The predicted octanol–water partition coefficient (Wildman–Crippen LogP) is 0.365.